The lowest BCUT2D eigenvalue weighted by Gasteiger charge is -2.34. The van der Waals surface area contributed by atoms with Crippen molar-refractivity contribution in [3.8, 4) is 0 Å². The largest absolute Gasteiger partial charge is 0.464 e. The van der Waals surface area contributed by atoms with Gasteiger partial charge in [0.2, 0.25) is 5.91 Å². The van der Waals surface area contributed by atoms with Crippen LogP contribution < -0.4 is 5.32 Å². The first-order valence-corrected chi connectivity index (χ1v) is 8.79. The number of hydrogen-bond donors (Lipinski definition) is 1. The van der Waals surface area contributed by atoms with Crippen LogP contribution in [0.4, 0.5) is 5.69 Å². The first-order valence-electron chi connectivity index (χ1n) is 8.79. The van der Waals surface area contributed by atoms with Gasteiger partial charge in [-0.2, -0.15) is 0 Å². The molecule has 2 fully saturated rings. The molecule has 2 unspecified atom stereocenters. The SMILES string of the molecule is CCC(=O)Nc1ccc2occ(C3CCN4CCCC4C3)c2c1. The average Bonchev–Trinajstić information content (AvgIpc) is 3.20. The Bertz CT molecular complexity index is 721. The lowest BCUT2D eigenvalue weighted by molar-refractivity contribution is -0.115. The van der Waals surface area contributed by atoms with E-state index in [2.05, 4.69) is 16.3 Å². The lowest BCUT2D eigenvalue weighted by atomic mass is 9.85. The van der Waals surface area contributed by atoms with E-state index in [0.29, 0.717) is 12.3 Å². The molecule has 1 aromatic heterocycles. The number of carbonyl (C=O) groups is 1. The molecule has 4 heteroatoms. The summed E-state index contributed by atoms with van der Waals surface area (Å²) in [5, 5.41) is 4.11. The number of hydrogen-bond acceptors (Lipinski definition) is 3. The van der Waals surface area contributed by atoms with Crippen LogP contribution in [0.25, 0.3) is 11.0 Å². The highest BCUT2D eigenvalue weighted by molar-refractivity contribution is 5.94. The van der Waals surface area contributed by atoms with Gasteiger partial charge < -0.3 is 14.6 Å². The molecule has 2 aliphatic rings. The molecule has 122 valence electrons. The number of piperidine rings is 1. The third-order valence-electron chi connectivity index (χ3n) is 5.47. The normalized spacial score (nSPS) is 24.7. The lowest BCUT2D eigenvalue weighted by Crippen LogP contribution is -2.37. The summed E-state index contributed by atoms with van der Waals surface area (Å²) in [5.74, 6) is 0.626. The minimum atomic E-state index is 0.0497. The zero-order chi connectivity index (χ0) is 15.8. The van der Waals surface area contributed by atoms with Crippen molar-refractivity contribution >= 4 is 22.6 Å². The van der Waals surface area contributed by atoms with Crippen LogP contribution in [-0.2, 0) is 4.79 Å². The van der Waals surface area contributed by atoms with Crippen LogP contribution in [0, 0.1) is 0 Å². The molecule has 2 saturated heterocycles. The van der Waals surface area contributed by atoms with Crippen LogP contribution in [0.2, 0.25) is 0 Å². The number of nitrogens with zero attached hydrogens (tertiary/aromatic N) is 1. The van der Waals surface area contributed by atoms with Crippen molar-refractivity contribution < 1.29 is 9.21 Å². The van der Waals surface area contributed by atoms with Gasteiger partial charge in [0.15, 0.2) is 0 Å². The van der Waals surface area contributed by atoms with Crippen LogP contribution in [-0.4, -0.2) is 29.9 Å². The van der Waals surface area contributed by atoms with E-state index in [1.807, 2.05) is 25.3 Å². The van der Waals surface area contributed by atoms with Crippen molar-refractivity contribution in [3.05, 3.63) is 30.0 Å². The third-order valence-corrected chi connectivity index (χ3v) is 5.47. The standard InChI is InChI=1S/C19H24N2O2/c1-2-19(22)20-14-5-6-18-16(11-14)17(12-23-18)13-7-9-21-8-3-4-15(21)10-13/h5-6,11-13,15H,2-4,7-10H2,1H3,(H,20,22). The Morgan fingerprint density at radius 3 is 3.13 bits per heavy atom. The van der Waals surface area contributed by atoms with Crippen molar-refractivity contribution in [1.82, 2.24) is 4.90 Å². The molecule has 0 bridgehead atoms. The molecule has 2 aromatic rings. The number of nitrogens with one attached hydrogen (secondary N) is 1. The molecule has 4 nitrogen and oxygen atoms in total. The maximum Gasteiger partial charge on any atom is 0.224 e. The summed E-state index contributed by atoms with van der Waals surface area (Å²) in [4.78, 5) is 14.3. The number of benzene rings is 1. The van der Waals surface area contributed by atoms with E-state index < -0.39 is 0 Å². The first kappa shape index (κ1) is 14.8. The molecule has 2 atom stereocenters. The number of amides is 1. The summed E-state index contributed by atoms with van der Waals surface area (Å²) < 4.78 is 5.77. The van der Waals surface area contributed by atoms with E-state index in [-0.39, 0.29) is 5.91 Å². The van der Waals surface area contributed by atoms with E-state index >= 15 is 0 Å². The molecule has 23 heavy (non-hydrogen) atoms. The molecular weight excluding hydrogens is 288 g/mol. The predicted molar refractivity (Wildman–Crippen MR) is 91.7 cm³/mol. The molecule has 1 amide bonds. The van der Waals surface area contributed by atoms with Crippen molar-refractivity contribution in [1.29, 1.82) is 0 Å². The number of fused-ring (bicyclic) bond motifs is 2. The quantitative estimate of drug-likeness (QED) is 0.927. The molecule has 1 N–H and O–H groups in total. The Morgan fingerprint density at radius 1 is 1.35 bits per heavy atom. The molecule has 0 spiro atoms. The molecule has 4 rings (SSSR count). The van der Waals surface area contributed by atoms with Crippen molar-refractivity contribution in [2.45, 2.75) is 51.0 Å². The summed E-state index contributed by atoms with van der Waals surface area (Å²) in [6.45, 7) is 4.34. The van der Waals surface area contributed by atoms with E-state index in [9.17, 15) is 4.79 Å². The van der Waals surface area contributed by atoms with Crippen LogP contribution in [0.5, 0.6) is 0 Å². The van der Waals surface area contributed by atoms with Gasteiger partial charge in [-0.05, 0) is 62.9 Å². The Hall–Kier alpha value is -1.81. The fraction of sp³-hybridized carbons (Fsp3) is 0.526. The maximum absolute atomic E-state index is 11.6. The van der Waals surface area contributed by atoms with Gasteiger partial charge in [-0.15, -0.1) is 0 Å². The van der Waals surface area contributed by atoms with Crippen molar-refractivity contribution in [2.75, 3.05) is 18.4 Å². The second kappa shape index (κ2) is 6.00. The monoisotopic (exact) mass is 312 g/mol. The zero-order valence-electron chi connectivity index (χ0n) is 13.7. The summed E-state index contributed by atoms with van der Waals surface area (Å²) in [5.41, 5.74) is 3.10. The third kappa shape index (κ3) is 2.76. The highest BCUT2D eigenvalue weighted by Gasteiger charge is 2.33. The second-order valence-corrected chi connectivity index (χ2v) is 6.86. The first-order chi connectivity index (χ1) is 11.2. The summed E-state index contributed by atoms with van der Waals surface area (Å²) in [6, 6.07) is 6.71. The highest BCUT2D eigenvalue weighted by Crippen LogP contribution is 2.40. The number of furan rings is 1. The molecule has 0 aliphatic carbocycles. The molecule has 0 saturated carbocycles. The number of carbonyl (C=O) groups excluding carboxylic acids is 1. The molecule has 3 heterocycles. The van der Waals surface area contributed by atoms with Gasteiger partial charge in [0.05, 0.1) is 6.26 Å². The van der Waals surface area contributed by atoms with Crippen LogP contribution in [0.3, 0.4) is 0 Å². The van der Waals surface area contributed by atoms with Gasteiger partial charge >= 0.3 is 0 Å². The minimum Gasteiger partial charge on any atom is -0.464 e. The molecular formula is C19H24N2O2. The van der Waals surface area contributed by atoms with Gasteiger partial charge in [-0.25, -0.2) is 0 Å². The smallest absolute Gasteiger partial charge is 0.224 e. The summed E-state index contributed by atoms with van der Waals surface area (Å²) in [7, 11) is 0. The fourth-order valence-corrected chi connectivity index (χ4v) is 4.20. The highest BCUT2D eigenvalue weighted by atomic mass is 16.3. The second-order valence-electron chi connectivity index (χ2n) is 6.86. The predicted octanol–water partition coefficient (Wildman–Crippen LogP) is 4.12. The molecule has 2 aliphatic heterocycles. The van der Waals surface area contributed by atoms with Crippen LogP contribution >= 0.6 is 0 Å². The van der Waals surface area contributed by atoms with Gasteiger partial charge in [0.1, 0.15) is 5.58 Å². The van der Waals surface area contributed by atoms with E-state index in [1.165, 1.54) is 44.3 Å². The zero-order valence-corrected chi connectivity index (χ0v) is 13.7. The van der Waals surface area contributed by atoms with Crippen LogP contribution in [0.1, 0.15) is 50.5 Å². The van der Waals surface area contributed by atoms with E-state index in [0.717, 1.165) is 22.7 Å². The molecule has 1 aromatic carbocycles. The summed E-state index contributed by atoms with van der Waals surface area (Å²) in [6.07, 6.45) is 7.56. The maximum atomic E-state index is 11.6. The Kier molecular flexibility index (Phi) is 3.85. The van der Waals surface area contributed by atoms with Crippen molar-refractivity contribution in [3.63, 3.8) is 0 Å². The van der Waals surface area contributed by atoms with Crippen LogP contribution in [0.15, 0.2) is 28.9 Å². The topological polar surface area (TPSA) is 45.5 Å². The minimum absolute atomic E-state index is 0.0497. The Labute approximate surface area is 136 Å². The molecule has 0 radical (unpaired) electrons. The Balaban J connectivity index is 1.61. The van der Waals surface area contributed by atoms with E-state index in [4.69, 9.17) is 4.42 Å². The summed E-state index contributed by atoms with van der Waals surface area (Å²) >= 11 is 0. The average molecular weight is 312 g/mol. The number of anilines is 1. The van der Waals surface area contributed by atoms with E-state index in [1.54, 1.807) is 0 Å². The van der Waals surface area contributed by atoms with Gasteiger partial charge in [0.25, 0.3) is 0 Å². The van der Waals surface area contributed by atoms with Crippen molar-refractivity contribution in [2.24, 2.45) is 0 Å². The van der Waals surface area contributed by atoms with Gasteiger partial charge in [0, 0.05) is 29.1 Å². The fourth-order valence-electron chi connectivity index (χ4n) is 4.20. The Morgan fingerprint density at radius 2 is 2.26 bits per heavy atom. The van der Waals surface area contributed by atoms with Gasteiger partial charge in [-0.3, -0.25) is 4.79 Å². The van der Waals surface area contributed by atoms with Gasteiger partial charge in [-0.1, -0.05) is 6.92 Å². The number of rotatable bonds is 3.